The maximum Gasteiger partial charge on any atom is 0.209 e. The lowest BCUT2D eigenvalue weighted by atomic mass is 9.95. The quantitative estimate of drug-likeness (QED) is 0.524. The largest absolute Gasteiger partial charge is 0.495 e. The first-order valence-electron chi connectivity index (χ1n) is 10.4. The molecule has 0 aliphatic heterocycles. The Morgan fingerprint density at radius 1 is 1.28 bits per heavy atom. The Labute approximate surface area is 184 Å². The number of carbonyl (C=O) groups is 1. The summed E-state index contributed by atoms with van der Waals surface area (Å²) in [5, 5.41) is 24.4. The van der Waals surface area contributed by atoms with Gasteiger partial charge >= 0.3 is 0 Å². The molecule has 0 amide bonds. The first-order chi connectivity index (χ1) is 15.4. The van der Waals surface area contributed by atoms with Crippen LogP contribution in [0.4, 0.5) is 5.82 Å². The zero-order chi connectivity index (χ0) is 22.6. The maximum atomic E-state index is 12.2. The van der Waals surface area contributed by atoms with E-state index in [0.717, 1.165) is 0 Å². The molecule has 9 heteroatoms. The molecular formula is C23H23N5O4. The molecule has 1 aromatic carbocycles. The Balaban J connectivity index is 1.59. The number of ketones is 1. The summed E-state index contributed by atoms with van der Waals surface area (Å²) < 4.78 is 7.08. The average molecular weight is 433 g/mol. The van der Waals surface area contributed by atoms with Gasteiger partial charge in [-0.1, -0.05) is 18.1 Å². The number of nitrogens with zero attached hydrogens (tertiary/aromatic N) is 4. The first-order valence-corrected chi connectivity index (χ1v) is 10.4. The Hall–Kier alpha value is -3.48. The molecule has 2 aromatic heterocycles. The third-order valence-corrected chi connectivity index (χ3v) is 6.72. The van der Waals surface area contributed by atoms with Crippen molar-refractivity contribution in [3.8, 4) is 17.6 Å². The lowest BCUT2D eigenvalue weighted by Gasteiger charge is -2.23. The number of hydrogen-bond donors (Lipinski definition) is 3. The van der Waals surface area contributed by atoms with Crippen LogP contribution in [0.1, 0.15) is 30.8 Å². The van der Waals surface area contributed by atoms with Gasteiger partial charge in [-0.25, -0.2) is 15.0 Å². The fourth-order valence-electron chi connectivity index (χ4n) is 5.01. The molecule has 32 heavy (non-hydrogen) atoms. The van der Waals surface area contributed by atoms with Crippen LogP contribution in [-0.4, -0.2) is 61.9 Å². The molecule has 9 nitrogen and oxygen atoms in total. The molecule has 2 heterocycles. The molecule has 2 unspecified atom stereocenters. The van der Waals surface area contributed by atoms with E-state index in [1.165, 1.54) is 6.92 Å². The number of aromatic nitrogens is 4. The van der Waals surface area contributed by atoms with Gasteiger partial charge in [-0.15, -0.1) is 0 Å². The number of nitrogens with one attached hydrogen (secondary N) is 1. The van der Waals surface area contributed by atoms with Crippen molar-refractivity contribution >= 4 is 22.8 Å². The van der Waals surface area contributed by atoms with Crippen molar-refractivity contribution in [1.29, 1.82) is 0 Å². The number of aliphatic hydroxyl groups is 2. The highest BCUT2D eigenvalue weighted by molar-refractivity contribution is 5.88. The summed E-state index contributed by atoms with van der Waals surface area (Å²) in [4.78, 5) is 25.7. The Morgan fingerprint density at radius 2 is 2.06 bits per heavy atom. The summed E-state index contributed by atoms with van der Waals surface area (Å²) in [7, 11) is 3.31. The number of ether oxygens (including phenoxy) is 1. The van der Waals surface area contributed by atoms with E-state index in [2.05, 4.69) is 32.1 Å². The highest BCUT2D eigenvalue weighted by Gasteiger charge is 2.74. The highest BCUT2D eigenvalue weighted by Crippen LogP contribution is 2.68. The number of carbonyl (C=O) groups excluding carboxylic acids is 1. The molecule has 0 bridgehead atoms. The summed E-state index contributed by atoms with van der Waals surface area (Å²) in [6.07, 6.45) is -0.0868. The van der Waals surface area contributed by atoms with Gasteiger partial charge < -0.3 is 24.8 Å². The molecule has 164 valence electrons. The summed E-state index contributed by atoms with van der Waals surface area (Å²) in [5.41, 5.74) is 0.831. The standard InChI is InChI=1S/C23H23N5O4/c1-12(29)23-10-14(23)18(19(30)20(23)31)28-11-25-17-21(24-2)26-16(27-22(17)28)9-8-13-6-4-5-7-15(13)32-3/h4-7,11,14,18-20,30-31H,10H2,1-3H3,(H,24,26,27)/t14?,18-,19+,20?,23+/m1/s1. The molecular weight excluding hydrogens is 410 g/mol. The summed E-state index contributed by atoms with van der Waals surface area (Å²) in [6.45, 7) is 1.47. The molecule has 2 aliphatic carbocycles. The van der Waals surface area contributed by atoms with Crippen molar-refractivity contribution < 1.29 is 19.7 Å². The predicted octanol–water partition coefficient (Wildman–Crippen LogP) is 1.15. The summed E-state index contributed by atoms with van der Waals surface area (Å²) in [5.74, 6) is 7.17. The number of hydrogen-bond acceptors (Lipinski definition) is 8. The number of anilines is 1. The van der Waals surface area contributed by atoms with E-state index in [1.54, 1.807) is 25.1 Å². The number of imidazole rings is 1. The number of benzene rings is 1. The minimum absolute atomic E-state index is 0.102. The third kappa shape index (κ3) is 2.80. The van der Waals surface area contributed by atoms with Crippen LogP contribution in [-0.2, 0) is 4.79 Å². The van der Waals surface area contributed by atoms with Crippen molar-refractivity contribution in [3.63, 3.8) is 0 Å². The van der Waals surface area contributed by atoms with Gasteiger partial charge in [-0.2, -0.15) is 0 Å². The van der Waals surface area contributed by atoms with E-state index in [9.17, 15) is 15.0 Å². The van der Waals surface area contributed by atoms with Gasteiger partial charge in [0.2, 0.25) is 5.82 Å². The van der Waals surface area contributed by atoms with Crippen molar-refractivity contribution in [2.75, 3.05) is 19.5 Å². The van der Waals surface area contributed by atoms with Crippen LogP contribution in [0.25, 0.3) is 11.2 Å². The third-order valence-electron chi connectivity index (χ3n) is 6.72. The number of methoxy groups -OCH3 is 1. The van der Waals surface area contributed by atoms with E-state index in [-0.39, 0.29) is 17.5 Å². The van der Waals surface area contributed by atoms with Crippen LogP contribution < -0.4 is 10.1 Å². The predicted molar refractivity (Wildman–Crippen MR) is 116 cm³/mol. The van der Waals surface area contributed by atoms with Gasteiger partial charge in [0.25, 0.3) is 0 Å². The van der Waals surface area contributed by atoms with Crippen LogP contribution in [0.3, 0.4) is 0 Å². The number of fused-ring (bicyclic) bond motifs is 2. The smallest absolute Gasteiger partial charge is 0.209 e. The molecule has 0 spiro atoms. The molecule has 0 saturated heterocycles. The van der Waals surface area contributed by atoms with Gasteiger partial charge in [0.1, 0.15) is 17.6 Å². The van der Waals surface area contributed by atoms with Crippen LogP contribution in [0.2, 0.25) is 0 Å². The number of Topliss-reactive ketones (excluding diaryl/α,β-unsaturated/α-hetero) is 1. The molecule has 2 saturated carbocycles. The topological polar surface area (TPSA) is 122 Å². The van der Waals surface area contributed by atoms with E-state index < -0.39 is 23.7 Å². The Bertz CT molecular complexity index is 1290. The SMILES string of the molecule is CNc1nc(C#Cc2ccccc2OC)nc2c1ncn2[C@@H]1C2C[C@@]2(C(C)=O)C(O)[C@H]1O. The number of para-hydroxylation sites is 1. The lowest BCUT2D eigenvalue weighted by Crippen LogP contribution is -2.36. The molecule has 5 rings (SSSR count). The van der Waals surface area contributed by atoms with Gasteiger partial charge in [0, 0.05) is 7.05 Å². The number of rotatable bonds is 4. The van der Waals surface area contributed by atoms with E-state index in [4.69, 9.17) is 4.74 Å². The molecule has 2 aliphatic rings. The first kappa shape index (κ1) is 20.4. The van der Waals surface area contributed by atoms with E-state index in [1.807, 2.05) is 24.3 Å². The minimum Gasteiger partial charge on any atom is -0.495 e. The molecule has 2 fully saturated rings. The van der Waals surface area contributed by atoms with E-state index in [0.29, 0.717) is 34.7 Å². The van der Waals surface area contributed by atoms with Crippen molar-refractivity contribution in [3.05, 3.63) is 42.0 Å². The van der Waals surface area contributed by atoms with Gasteiger partial charge in [0.05, 0.1) is 36.6 Å². The Kier molecular flexibility index (Phi) is 4.65. The monoisotopic (exact) mass is 433 g/mol. The second-order valence-electron chi connectivity index (χ2n) is 8.25. The van der Waals surface area contributed by atoms with Crippen LogP contribution in [0, 0.1) is 23.2 Å². The fourth-order valence-corrected chi connectivity index (χ4v) is 5.01. The van der Waals surface area contributed by atoms with Crippen molar-refractivity contribution in [2.24, 2.45) is 11.3 Å². The van der Waals surface area contributed by atoms with Crippen LogP contribution in [0.15, 0.2) is 30.6 Å². The number of aliphatic hydroxyl groups excluding tert-OH is 2. The molecule has 0 radical (unpaired) electrons. The summed E-state index contributed by atoms with van der Waals surface area (Å²) in [6, 6.07) is 6.90. The van der Waals surface area contributed by atoms with Crippen molar-refractivity contribution in [1.82, 2.24) is 19.5 Å². The van der Waals surface area contributed by atoms with Crippen LogP contribution in [0.5, 0.6) is 5.75 Å². The molecule has 5 atom stereocenters. The lowest BCUT2D eigenvalue weighted by molar-refractivity contribution is -0.128. The second-order valence-corrected chi connectivity index (χ2v) is 8.25. The normalized spacial score (nSPS) is 28.0. The molecule has 3 aromatic rings. The zero-order valence-electron chi connectivity index (χ0n) is 17.9. The van der Waals surface area contributed by atoms with Gasteiger partial charge in [-0.05, 0) is 37.3 Å². The van der Waals surface area contributed by atoms with E-state index >= 15 is 0 Å². The van der Waals surface area contributed by atoms with Gasteiger partial charge in [0.15, 0.2) is 17.0 Å². The minimum atomic E-state index is -1.11. The summed E-state index contributed by atoms with van der Waals surface area (Å²) >= 11 is 0. The fraction of sp³-hybridized carbons (Fsp3) is 0.391. The second kappa shape index (κ2) is 7.29. The van der Waals surface area contributed by atoms with Crippen molar-refractivity contribution in [2.45, 2.75) is 31.6 Å². The highest BCUT2D eigenvalue weighted by atomic mass is 16.5. The Morgan fingerprint density at radius 3 is 2.75 bits per heavy atom. The average Bonchev–Trinajstić information content (AvgIpc) is 3.35. The zero-order valence-corrected chi connectivity index (χ0v) is 17.9. The maximum absolute atomic E-state index is 12.2. The molecule has 3 N–H and O–H groups in total. The van der Waals surface area contributed by atoms with Gasteiger partial charge in [-0.3, -0.25) is 4.79 Å². The van der Waals surface area contributed by atoms with Crippen LogP contribution >= 0.6 is 0 Å².